The summed E-state index contributed by atoms with van der Waals surface area (Å²) in [7, 11) is 0. The van der Waals surface area contributed by atoms with Gasteiger partial charge in [-0.05, 0) is 17.7 Å². The summed E-state index contributed by atoms with van der Waals surface area (Å²) in [5, 5.41) is 19.6. The molecule has 0 spiro atoms. The highest BCUT2D eigenvalue weighted by Gasteiger charge is 2.45. The monoisotopic (exact) mass is 379 g/mol. The lowest BCUT2D eigenvalue weighted by atomic mass is 10.0. The lowest BCUT2D eigenvalue weighted by molar-refractivity contribution is -0.179. The maximum absolute atomic E-state index is 13.0. The molecule has 1 rings (SSSR count). The molecule has 0 saturated heterocycles. The van der Waals surface area contributed by atoms with Gasteiger partial charge in [-0.2, -0.15) is 13.2 Å². The van der Waals surface area contributed by atoms with E-state index in [2.05, 4.69) is 0 Å². The third-order valence-electron chi connectivity index (χ3n) is 3.16. The van der Waals surface area contributed by atoms with Crippen LogP contribution < -0.4 is 5.32 Å². The Labute approximate surface area is 145 Å². The van der Waals surface area contributed by atoms with Crippen LogP contribution in [0.5, 0.6) is 5.75 Å². The Bertz CT molecular complexity index is 633. The number of alkyl halides is 3. The smallest absolute Gasteiger partial charge is 0.401 e. The van der Waals surface area contributed by atoms with E-state index >= 15 is 0 Å². The maximum atomic E-state index is 13.0. The maximum Gasteiger partial charge on any atom is 0.401 e. The number of aliphatic carboxylic acids is 1. The molecular weight excluding hydrogens is 363 g/mol. The van der Waals surface area contributed by atoms with Crippen molar-refractivity contribution in [2.75, 3.05) is 5.75 Å². The molecule has 0 saturated carbocycles. The summed E-state index contributed by atoms with van der Waals surface area (Å²) in [6.07, 6.45) is -5.17. The van der Waals surface area contributed by atoms with Crippen LogP contribution in [0.4, 0.5) is 13.2 Å². The third-order valence-corrected chi connectivity index (χ3v) is 4.06. The van der Waals surface area contributed by atoms with E-state index in [1.807, 2.05) is 5.32 Å². The summed E-state index contributed by atoms with van der Waals surface area (Å²) in [5.74, 6) is -6.38. The number of aromatic hydroxyl groups is 1. The van der Waals surface area contributed by atoms with Crippen molar-refractivity contribution < 1.29 is 37.8 Å². The number of phenols is 1. The number of carboxylic acid groups (broad SMARTS) is 1. The van der Waals surface area contributed by atoms with Crippen molar-refractivity contribution >= 4 is 28.8 Å². The van der Waals surface area contributed by atoms with Crippen LogP contribution in [0.2, 0.25) is 0 Å². The molecule has 0 bridgehead atoms. The van der Waals surface area contributed by atoms with Gasteiger partial charge in [0.05, 0.1) is 0 Å². The first kappa shape index (κ1) is 20.8. The minimum atomic E-state index is -4.91. The SMILES string of the molecule is CC(=O)SC[C@H](C(=O)N[C@@H](Cc1ccc(O)cc1)C(=O)O)C(F)(F)F. The van der Waals surface area contributed by atoms with E-state index in [0.29, 0.717) is 17.3 Å². The molecule has 1 amide bonds. The zero-order chi connectivity index (χ0) is 19.2. The number of carboxylic acids is 1. The highest BCUT2D eigenvalue weighted by molar-refractivity contribution is 8.13. The topological polar surface area (TPSA) is 104 Å². The first-order chi connectivity index (χ1) is 11.5. The number of phenolic OH excluding ortho intramolecular Hbond substituents is 1. The molecule has 0 aliphatic carbocycles. The van der Waals surface area contributed by atoms with Gasteiger partial charge in [-0.3, -0.25) is 9.59 Å². The number of amides is 1. The van der Waals surface area contributed by atoms with E-state index in [-0.39, 0.29) is 12.2 Å². The van der Waals surface area contributed by atoms with Gasteiger partial charge in [-0.1, -0.05) is 23.9 Å². The molecule has 0 fully saturated rings. The number of nitrogens with one attached hydrogen (secondary N) is 1. The summed E-state index contributed by atoms with van der Waals surface area (Å²) in [4.78, 5) is 34.0. The Kier molecular flexibility index (Phi) is 7.28. The van der Waals surface area contributed by atoms with Crippen LogP contribution >= 0.6 is 11.8 Å². The van der Waals surface area contributed by atoms with E-state index in [1.165, 1.54) is 24.3 Å². The van der Waals surface area contributed by atoms with Gasteiger partial charge in [-0.25, -0.2) is 4.79 Å². The van der Waals surface area contributed by atoms with E-state index in [9.17, 15) is 32.7 Å². The summed E-state index contributed by atoms with van der Waals surface area (Å²) in [6, 6.07) is 3.79. The summed E-state index contributed by atoms with van der Waals surface area (Å²) >= 11 is 0.341. The zero-order valence-corrected chi connectivity index (χ0v) is 13.9. The Morgan fingerprint density at radius 3 is 2.20 bits per heavy atom. The molecule has 10 heteroatoms. The second-order valence-electron chi connectivity index (χ2n) is 5.17. The predicted molar refractivity (Wildman–Crippen MR) is 84.1 cm³/mol. The van der Waals surface area contributed by atoms with Gasteiger partial charge in [0.25, 0.3) is 0 Å². The molecule has 2 atom stereocenters. The van der Waals surface area contributed by atoms with Crippen molar-refractivity contribution in [1.29, 1.82) is 0 Å². The molecule has 0 unspecified atom stereocenters. The fraction of sp³-hybridized carbons (Fsp3) is 0.400. The lowest BCUT2D eigenvalue weighted by Crippen LogP contribution is -2.49. The van der Waals surface area contributed by atoms with Crippen LogP contribution in [-0.4, -0.2) is 45.2 Å². The minimum Gasteiger partial charge on any atom is -0.508 e. The van der Waals surface area contributed by atoms with Crippen LogP contribution in [0.3, 0.4) is 0 Å². The lowest BCUT2D eigenvalue weighted by Gasteiger charge is -2.22. The Morgan fingerprint density at radius 1 is 1.20 bits per heavy atom. The van der Waals surface area contributed by atoms with E-state index in [0.717, 1.165) is 6.92 Å². The predicted octanol–water partition coefficient (Wildman–Crippen LogP) is 1.96. The molecule has 138 valence electrons. The van der Waals surface area contributed by atoms with Crippen molar-refractivity contribution in [2.24, 2.45) is 5.92 Å². The van der Waals surface area contributed by atoms with Gasteiger partial charge >= 0.3 is 12.1 Å². The molecule has 1 aromatic carbocycles. The van der Waals surface area contributed by atoms with Crippen molar-refractivity contribution in [1.82, 2.24) is 5.32 Å². The summed E-state index contributed by atoms with van der Waals surface area (Å²) < 4.78 is 38.9. The molecule has 1 aromatic rings. The molecule has 0 aliphatic heterocycles. The molecule has 0 radical (unpaired) electrons. The molecule has 25 heavy (non-hydrogen) atoms. The number of hydrogen-bond donors (Lipinski definition) is 3. The molecule has 6 nitrogen and oxygen atoms in total. The van der Waals surface area contributed by atoms with Crippen molar-refractivity contribution in [3.8, 4) is 5.75 Å². The normalized spacial score (nSPS) is 13.8. The molecule has 0 heterocycles. The van der Waals surface area contributed by atoms with Crippen LogP contribution in [0.1, 0.15) is 12.5 Å². The second-order valence-corrected chi connectivity index (χ2v) is 6.36. The average molecular weight is 379 g/mol. The van der Waals surface area contributed by atoms with Crippen LogP contribution in [0.25, 0.3) is 0 Å². The molecule has 0 aromatic heterocycles. The number of rotatable bonds is 7. The van der Waals surface area contributed by atoms with Crippen LogP contribution in [0.15, 0.2) is 24.3 Å². The van der Waals surface area contributed by atoms with Crippen molar-refractivity contribution in [3.63, 3.8) is 0 Å². The largest absolute Gasteiger partial charge is 0.508 e. The number of carbonyl (C=O) groups excluding carboxylic acids is 2. The van der Waals surface area contributed by atoms with E-state index < -0.39 is 40.9 Å². The van der Waals surface area contributed by atoms with E-state index in [4.69, 9.17) is 5.11 Å². The van der Waals surface area contributed by atoms with Crippen molar-refractivity contribution in [2.45, 2.75) is 25.6 Å². The zero-order valence-electron chi connectivity index (χ0n) is 13.0. The molecule has 3 N–H and O–H groups in total. The van der Waals surface area contributed by atoms with Gasteiger partial charge in [0.2, 0.25) is 5.91 Å². The number of benzene rings is 1. The van der Waals surface area contributed by atoms with Gasteiger partial charge in [0.15, 0.2) is 5.12 Å². The Balaban J connectivity index is 2.86. The van der Waals surface area contributed by atoms with Gasteiger partial charge < -0.3 is 15.5 Å². The first-order valence-corrected chi connectivity index (χ1v) is 8.00. The number of thioether (sulfide) groups is 1. The van der Waals surface area contributed by atoms with Crippen LogP contribution in [0, 0.1) is 5.92 Å². The second kappa shape index (κ2) is 8.75. The van der Waals surface area contributed by atoms with Crippen LogP contribution in [-0.2, 0) is 20.8 Å². The quantitative estimate of drug-likeness (QED) is 0.669. The highest BCUT2D eigenvalue weighted by Crippen LogP contribution is 2.29. The molecular formula is C15H16F3NO5S. The van der Waals surface area contributed by atoms with E-state index in [1.54, 1.807) is 0 Å². The summed E-state index contributed by atoms with van der Waals surface area (Å²) in [5.41, 5.74) is 0.409. The Hall–Kier alpha value is -2.23. The minimum absolute atomic E-state index is 0.0574. The third kappa shape index (κ3) is 7.04. The summed E-state index contributed by atoms with van der Waals surface area (Å²) in [6.45, 7) is 1.07. The standard InChI is InChI=1S/C15H16F3NO5S/c1-8(20)25-7-11(15(16,17)18)13(22)19-12(14(23)24)6-9-2-4-10(21)5-3-9/h2-5,11-12,21H,6-7H2,1H3,(H,19,22)(H,23,24)/t11-,12+/m1/s1. The van der Waals surface area contributed by atoms with Gasteiger partial charge in [0.1, 0.15) is 17.7 Å². The number of carbonyl (C=O) groups is 3. The fourth-order valence-corrected chi connectivity index (χ4v) is 2.60. The van der Waals surface area contributed by atoms with Crippen molar-refractivity contribution in [3.05, 3.63) is 29.8 Å². The average Bonchev–Trinajstić information content (AvgIpc) is 2.47. The first-order valence-electron chi connectivity index (χ1n) is 7.02. The fourth-order valence-electron chi connectivity index (χ4n) is 1.86. The van der Waals surface area contributed by atoms with Gasteiger partial charge in [-0.15, -0.1) is 0 Å². The Morgan fingerprint density at radius 2 is 1.76 bits per heavy atom. The number of halogens is 3. The highest BCUT2D eigenvalue weighted by atomic mass is 32.2. The van der Waals surface area contributed by atoms with Gasteiger partial charge in [0, 0.05) is 19.1 Å². The molecule has 0 aliphatic rings. The number of hydrogen-bond acceptors (Lipinski definition) is 5.